The van der Waals surface area contributed by atoms with Crippen molar-refractivity contribution in [2.45, 2.75) is 50.2 Å². The first kappa shape index (κ1) is 18.1. The summed E-state index contributed by atoms with van der Waals surface area (Å²) in [5, 5.41) is 21.5. The molecular weight excluding hydrogens is 278 g/mol. The standard InChI is InChI=1S/C14H25NO6/c1-7-8-10(16)12-11(9-15(4)17)20-13(2,18-5)14(3,19-6)21-12/h7,9-12,16H,1,8H2,2-6H3/b15-9+/t10-,11-,12-,13+,14+/m1/s1. The number of aliphatic hydroxyl groups excluding tert-OH is 1. The molecule has 0 radical (unpaired) electrons. The van der Waals surface area contributed by atoms with Gasteiger partial charge in [-0.05, 0) is 20.3 Å². The van der Waals surface area contributed by atoms with Gasteiger partial charge in [-0.2, -0.15) is 0 Å². The highest BCUT2D eigenvalue weighted by Crippen LogP contribution is 2.39. The minimum Gasteiger partial charge on any atom is -0.624 e. The summed E-state index contributed by atoms with van der Waals surface area (Å²) in [6.45, 7) is 6.89. The van der Waals surface area contributed by atoms with Crippen molar-refractivity contribution in [3.8, 4) is 0 Å². The van der Waals surface area contributed by atoms with E-state index in [-0.39, 0.29) is 0 Å². The molecule has 122 valence electrons. The van der Waals surface area contributed by atoms with Gasteiger partial charge in [0, 0.05) is 14.2 Å². The van der Waals surface area contributed by atoms with E-state index in [0.29, 0.717) is 11.2 Å². The third-order valence-electron chi connectivity index (χ3n) is 3.79. The van der Waals surface area contributed by atoms with Crippen LogP contribution >= 0.6 is 0 Å². The fraction of sp³-hybridized carbons (Fsp3) is 0.786. The Morgan fingerprint density at radius 3 is 2.29 bits per heavy atom. The number of aliphatic hydroxyl groups is 1. The summed E-state index contributed by atoms with van der Waals surface area (Å²) < 4.78 is 23.1. The van der Waals surface area contributed by atoms with Crippen LogP contribution in [0.1, 0.15) is 20.3 Å². The number of rotatable bonds is 6. The molecule has 0 aromatic carbocycles. The van der Waals surface area contributed by atoms with Crippen LogP contribution in [0.15, 0.2) is 12.7 Å². The maximum atomic E-state index is 11.3. The number of nitrogens with zero attached hydrogens (tertiary/aromatic N) is 1. The monoisotopic (exact) mass is 303 g/mol. The summed E-state index contributed by atoms with van der Waals surface area (Å²) in [7, 11) is 4.25. The molecule has 7 heteroatoms. The van der Waals surface area contributed by atoms with E-state index in [1.807, 2.05) is 0 Å². The first-order chi connectivity index (χ1) is 9.73. The van der Waals surface area contributed by atoms with E-state index >= 15 is 0 Å². The minimum absolute atomic E-state index is 0.296. The highest BCUT2D eigenvalue weighted by Gasteiger charge is 2.58. The van der Waals surface area contributed by atoms with E-state index in [1.54, 1.807) is 19.9 Å². The van der Waals surface area contributed by atoms with Crippen molar-refractivity contribution < 1.29 is 28.8 Å². The Hall–Kier alpha value is -0.990. The number of methoxy groups -OCH3 is 2. The Kier molecular flexibility index (Phi) is 5.89. The fourth-order valence-corrected chi connectivity index (χ4v) is 2.26. The molecule has 0 aromatic heterocycles. The zero-order valence-electron chi connectivity index (χ0n) is 13.2. The van der Waals surface area contributed by atoms with E-state index in [0.717, 1.165) is 0 Å². The van der Waals surface area contributed by atoms with Gasteiger partial charge in [0.05, 0.1) is 6.10 Å². The van der Waals surface area contributed by atoms with Gasteiger partial charge in [-0.25, -0.2) is 4.74 Å². The first-order valence-electron chi connectivity index (χ1n) is 6.73. The lowest BCUT2D eigenvalue weighted by Crippen LogP contribution is -2.67. The van der Waals surface area contributed by atoms with Crippen molar-refractivity contribution in [1.29, 1.82) is 0 Å². The summed E-state index contributed by atoms with van der Waals surface area (Å²) in [6.07, 6.45) is 0.691. The Morgan fingerprint density at radius 2 is 1.86 bits per heavy atom. The molecule has 1 aliphatic heterocycles. The van der Waals surface area contributed by atoms with E-state index < -0.39 is 29.9 Å². The number of hydroxylamine groups is 1. The average molecular weight is 303 g/mol. The first-order valence-corrected chi connectivity index (χ1v) is 6.73. The van der Waals surface area contributed by atoms with E-state index in [2.05, 4.69) is 6.58 Å². The van der Waals surface area contributed by atoms with Crippen molar-refractivity contribution >= 4 is 6.21 Å². The van der Waals surface area contributed by atoms with Gasteiger partial charge in [0.15, 0.2) is 12.3 Å². The summed E-state index contributed by atoms with van der Waals surface area (Å²) in [5.41, 5.74) is 0. The van der Waals surface area contributed by atoms with Crippen LogP contribution in [0.4, 0.5) is 0 Å². The molecule has 21 heavy (non-hydrogen) atoms. The maximum Gasteiger partial charge on any atom is 0.221 e. The Labute approximate surface area is 125 Å². The molecule has 1 rings (SSSR count). The number of hydrogen-bond acceptors (Lipinski definition) is 6. The SMILES string of the molecule is C=CC[C@@H](O)[C@H]1O[C@](C)(OC)[C@@](C)(OC)O[C@@H]1/C=[N+](\C)[O-]. The van der Waals surface area contributed by atoms with Crippen molar-refractivity contribution in [3.05, 3.63) is 17.9 Å². The summed E-state index contributed by atoms with van der Waals surface area (Å²) in [6, 6.07) is 0. The molecule has 0 aliphatic carbocycles. The largest absolute Gasteiger partial charge is 0.624 e. The highest BCUT2D eigenvalue weighted by atomic mass is 16.8. The molecular formula is C14H25NO6. The summed E-state index contributed by atoms with van der Waals surface area (Å²) in [4.78, 5) is 0. The Bertz CT molecular complexity index is 397. The zero-order valence-corrected chi connectivity index (χ0v) is 13.2. The lowest BCUT2D eigenvalue weighted by Gasteiger charge is -2.51. The predicted octanol–water partition coefficient (Wildman–Crippen LogP) is 0.643. The number of ether oxygens (including phenoxy) is 4. The molecule has 0 spiro atoms. The molecule has 5 atom stereocenters. The van der Waals surface area contributed by atoms with Crippen LogP contribution in [0, 0.1) is 5.21 Å². The van der Waals surface area contributed by atoms with Gasteiger partial charge in [0.25, 0.3) is 0 Å². The van der Waals surface area contributed by atoms with Crippen molar-refractivity contribution in [3.63, 3.8) is 0 Å². The van der Waals surface area contributed by atoms with Gasteiger partial charge >= 0.3 is 0 Å². The van der Waals surface area contributed by atoms with Gasteiger partial charge in [-0.15, -0.1) is 6.58 Å². The van der Waals surface area contributed by atoms with Crippen molar-refractivity contribution in [2.75, 3.05) is 21.3 Å². The van der Waals surface area contributed by atoms with Crippen molar-refractivity contribution in [2.24, 2.45) is 0 Å². The predicted molar refractivity (Wildman–Crippen MR) is 77.0 cm³/mol. The van der Waals surface area contributed by atoms with Crippen LogP contribution in [0.3, 0.4) is 0 Å². The average Bonchev–Trinajstić information content (AvgIpc) is 2.42. The van der Waals surface area contributed by atoms with Gasteiger partial charge in [0.2, 0.25) is 11.6 Å². The molecule has 1 fully saturated rings. The third-order valence-corrected chi connectivity index (χ3v) is 3.79. The Balaban J connectivity index is 3.16. The van der Waals surface area contributed by atoms with Gasteiger partial charge in [-0.1, -0.05) is 6.08 Å². The molecule has 0 saturated carbocycles. The molecule has 0 aromatic rings. The summed E-state index contributed by atoms with van der Waals surface area (Å²) in [5.74, 6) is -2.47. The quantitative estimate of drug-likeness (QED) is 0.255. The molecule has 0 unspecified atom stereocenters. The van der Waals surface area contributed by atoms with E-state index in [4.69, 9.17) is 18.9 Å². The highest BCUT2D eigenvalue weighted by molar-refractivity contribution is 5.59. The van der Waals surface area contributed by atoms with Crippen molar-refractivity contribution in [1.82, 2.24) is 0 Å². The third kappa shape index (κ3) is 3.61. The van der Waals surface area contributed by atoms with Crippen LogP contribution in [0.25, 0.3) is 0 Å². The Morgan fingerprint density at radius 1 is 1.33 bits per heavy atom. The lowest BCUT2D eigenvalue weighted by molar-refractivity contribution is -0.459. The van der Waals surface area contributed by atoms with Crippen LogP contribution in [0.2, 0.25) is 0 Å². The maximum absolute atomic E-state index is 11.3. The molecule has 1 heterocycles. The topological polar surface area (TPSA) is 83.2 Å². The number of hydrogen-bond donors (Lipinski definition) is 1. The van der Waals surface area contributed by atoms with Crippen LogP contribution in [0.5, 0.6) is 0 Å². The van der Waals surface area contributed by atoms with Gasteiger partial charge in [-0.3, -0.25) is 0 Å². The zero-order chi connectivity index (χ0) is 16.3. The minimum atomic E-state index is -1.24. The van der Waals surface area contributed by atoms with Crippen LogP contribution in [-0.4, -0.2) is 67.2 Å². The normalized spacial score (nSPS) is 39.0. The lowest BCUT2D eigenvalue weighted by atomic mass is 9.99. The second-order valence-electron chi connectivity index (χ2n) is 5.25. The van der Waals surface area contributed by atoms with E-state index in [1.165, 1.54) is 27.5 Å². The molecule has 1 saturated heterocycles. The molecule has 1 N–H and O–H groups in total. The smallest absolute Gasteiger partial charge is 0.221 e. The molecule has 1 aliphatic rings. The van der Waals surface area contributed by atoms with Crippen LogP contribution < -0.4 is 0 Å². The molecule has 0 amide bonds. The van der Waals surface area contributed by atoms with E-state index in [9.17, 15) is 10.3 Å². The molecule has 0 bridgehead atoms. The van der Waals surface area contributed by atoms with Gasteiger partial charge < -0.3 is 29.3 Å². The van der Waals surface area contributed by atoms with Crippen LogP contribution in [-0.2, 0) is 18.9 Å². The summed E-state index contributed by atoms with van der Waals surface area (Å²) >= 11 is 0. The second kappa shape index (κ2) is 6.85. The second-order valence-corrected chi connectivity index (χ2v) is 5.25. The fourth-order valence-electron chi connectivity index (χ4n) is 2.26. The van der Waals surface area contributed by atoms with Gasteiger partial charge in [0.1, 0.15) is 13.2 Å². The molecule has 7 nitrogen and oxygen atoms in total.